The molecule has 2 N–H and O–H groups in total. The molecular formula is C13H17NO3. The summed E-state index contributed by atoms with van der Waals surface area (Å²) in [6.45, 7) is 4.59. The molecule has 1 aliphatic heterocycles. The van der Waals surface area contributed by atoms with E-state index in [0.717, 1.165) is 17.0 Å². The number of carboxylic acids is 1. The fourth-order valence-electron chi connectivity index (χ4n) is 2.15. The highest BCUT2D eigenvalue weighted by molar-refractivity contribution is 5.67. The fraction of sp³-hybridized carbons (Fsp3) is 0.462. The van der Waals surface area contributed by atoms with Crippen molar-refractivity contribution in [2.24, 2.45) is 0 Å². The Morgan fingerprint density at radius 2 is 2.29 bits per heavy atom. The van der Waals surface area contributed by atoms with Crippen LogP contribution < -0.4 is 10.1 Å². The third kappa shape index (κ3) is 2.70. The largest absolute Gasteiger partial charge is 0.489 e. The van der Waals surface area contributed by atoms with E-state index in [4.69, 9.17) is 9.84 Å². The molecule has 0 fully saturated rings. The lowest BCUT2D eigenvalue weighted by atomic mass is 10.1. The second-order valence-corrected chi connectivity index (χ2v) is 4.54. The minimum Gasteiger partial charge on any atom is -0.489 e. The SMILES string of the molecule is Cc1cc(C)c2c(c1)NC(CCC(=O)O)CO2. The first kappa shape index (κ1) is 11.8. The second-order valence-electron chi connectivity index (χ2n) is 4.54. The lowest BCUT2D eigenvalue weighted by Gasteiger charge is -2.28. The molecule has 0 spiro atoms. The number of hydrogen-bond donors (Lipinski definition) is 2. The number of aryl methyl sites for hydroxylation is 2. The molecule has 0 aliphatic carbocycles. The van der Waals surface area contributed by atoms with Gasteiger partial charge in [-0.1, -0.05) is 6.07 Å². The van der Waals surface area contributed by atoms with Gasteiger partial charge in [0, 0.05) is 6.42 Å². The molecule has 4 heteroatoms. The monoisotopic (exact) mass is 235 g/mol. The molecule has 0 radical (unpaired) electrons. The second kappa shape index (κ2) is 4.65. The molecule has 1 atom stereocenters. The maximum atomic E-state index is 10.5. The van der Waals surface area contributed by atoms with Gasteiger partial charge in [0.15, 0.2) is 0 Å². The lowest BCUT2D eigenvalue weighted by molar-refractivity contribution is -0.137. The molecule has 0 saturated carbocycles. The summed E-state index contributed by atoms with van der Waals surface area (Å²) < 4.78 is 5.70. The van der Waals surface area contributed by atoms with Crippen LogP contribution in [0.25, 0.3) is 0 Å². The smallest absolute Gasteiger partial charge is 0.303 e. The van der Waals surface area contributed by atoms with Crippen molar-refractivity contribution >= 4 is 11.7 Å². The molecular weight excluding hydrogens is 218 g/mol. The third-order valence-electron chi connectivity index (χ3n) is 2.91. The number of hydrogen-bond acceptors (Lipinski definition) is 3. The van der Waals surface area contributed by atoms with Crippen LogP contribution in [0.15, 0.2) is 12.1 Å². The Balaban J connectivity index is 2.10. The Kier molecular flexibility index (Phi) is 3.22. The van der Waals surface area contributed by atoms with E-state index in [-0.39, 0.29) is 12.5 Å². The molecule has 1 unspecified atom stereocenters. The van der Waals surface area contributed by atoms with Gasteiger partial charge < -0.3 is 15.2 Å². The van der Waals surface area contributed by atoms with Gasteiger partial charge in [0.05, 0.1) is 11.7 Å². The average molecular weight is 235 g/mol. The Bertz CT molecular complexity index is 443. The van der Waals surface area contributed by atoms with Crippen LogP contribution in [0.2, 0.25) is 0 Å². The molecule has 0 bridgehead atoms. The van der Waals surface area contributed by atoms with Gasteiger partial charge in [0.25, 0.3) is 0 Å². The maximum Gasteiger partial charge on any atom is 0.303 e. The fourth-order valence-corrected chi connectivity index (χ4v) is 2.15. The minimum absolute atomic E-state index is 0.0831. The Hall–Kier alpha value is -1.71. The molecule has 0 amide bonds. The number of ether oxygens (including phenoxy) is 1. The molecule has 1 heterocycles. The Morgan fingerprint density at radius 3 is 3.00 bits per heavy atom. The molecule has 92 valence electrons. The number of benzene rings is 1. The zero-order chi connectivity index (χ0) is 12.4. The van der Waals surface area contributed by atoms with Crippen LogP contribution in [0.4, 0.5) is 5.69 Å². The predicted molar refractivity (Wildman–Crippen MR) is 65.7 cm³/mol. The maximum absolute atomic E-state index is 10.5. The standard InChI is InChI=1S/C13H17NO3/c1-8-5-9(2)13-11(6-8)14-10(7-17-13)3-4-12(15)16/h5-6,10,14H,3-4,7H2,1-2H3,(H,15,16). The normalized spacial score (nSPS) is 17.9. The molecule has 1 aliphatic rings. The van der Waals surface area contributed by atoms with Gasteiger partial charge in [-0.3, -0.25) is 4.79 Å². The van der Waals surface area contributed by atoms with E-state index in [0.29, 0.717) is 13.0 Å². The molecule has 0 saturated heterocycles. The Morgan fingerprint density at radius 1 is 1.53 bits per heavy atom. The van der Waals surface area contributed by atoms with E-state index < -0.39 is 5.97 Å². The summed E-state index contributed by atoms with van der Waals surface area (Å²) in [6, 6.07) is 4.20. The van der Waals surface area contributed by atoms with Crippen molar-refractivity contribution < 1.29 is 14.6 Å². The predicted octanol–water partition coefficient (Wildman–Crippen LogP) is 2.34. The summed E-state index contributed by atoms with van der Waals surface area (Å²) in [5.41, 5.74) is 3.27. The van der Waals surface area contributed by atoms with Gasteiger partial charge in [-0.2, -0.15) is 0 Å². The van der Waals surface area contributed by atoms with Gasteiger partial charge >= 0.3 is 5.97 Å². The van der Waals surface area contributed by atoms with Crippen molar-refractivity contribution in [3.63, 3.8) is 0 Å². The highest BCUT2D eigenvalue weighted by Crippen LogP contribution is 2.34. The van der Waals surface area contributed by atoms with Crippen LogP contribution in [-0.2, 0) is 4.79 Å². The van der Waals surface area contributed by atoms with Crippen LogP contribution in [0.1, 0.15) is 24.0 Å². The van der Waals surface area contributed by atoms with E-state index in [1.807, 2.05) is 19.9 Å². The van der Waals surface area contributed by atoms with Gasteiger partial charge in [-0.25, -0.2) is 0 Å². The molecule has 17 heavy (non-hydrogen) atoms. The van der Waals surface area contributed by atoms with E-state index in [1.54, 1.807) is 0 Å². The number of nitrogens with one attached hydrogen (secondary N) is 1. The number of carbonyl (C=O) groups is 1. The van der Waals surface area contributed by atoms with Crippen LogP contribution in [0, 0.1) is 13.8 Å². The number of aliphatic carboxylic acids is 1. The van der Waals surface area contributed by atoms with E-state index in [9.17, 15) is 4.79 Å². The van der Waals surface area contributed by atoms with Crippen LogP contribution in [-0.4, -0.2) is 23.7 Å². The van der Waals surface area contributed by atoms with Crippen molar-refractivity contribution in [2.75, 3.05) is 11.9 Å². The highest BCUT2D eigenvalue weighted by atomic mass is 16.5. The zero-order valence-electron chi connectivity index (χ0n) is 10.1. The molecule has 1 aromatic carbocycles. The van der Waals surface area contributed by atoms with Crippen molar-refractivity contribution in [1.29, 1.82) is 0 Å². The van der Waals surface area contributed by atoms with Gasteiger partial charge in [0.2, 0.25) is 0 Å². The average Bonchev–Trinajstić information content (AvgIpc) is 2.25. The molecule has 0 aromatic heterocycles. The van der Waals surface area contributed by atoms with E-state index in [1.165, 1.54) is 5.56 Å². The van der Waals surface area contributed by atoms with E-state index >= 15 is 0 Å². The lowest BCUT2D eigenvalue weighted by Crippen LogP contribution is -2.32. The first-order valence-corrected chi connectivity index (χ1v) is 5.78. The van der Waals surface area contributed by atoms with Crippen LogP contribution in [0.5, 0.6) is 5.75 Å². The molecule has 2 rings (SSSR count). The quantitative estimate of drug-likeness (QED) is 0.844. The number of anilines is 1. The van der Waals surface area contributed by atoms with Gasteiger partial charge in [-0.15, -0.1) is 0 Å². The highest BCUT2D eigenvalue weighted by Gasteiger charge is 2.21. The summed E-state index contributed by atoms with van der Waals surface area (Å²) in [4.78, 5) is 10.5. The third-order valence-corrected chi connectivity index (χ3v) is 2.91. The van der Waals surface area contributed by atoms with Gasteiger partial charge in [-0.05, 0) is 37.5 Å². The van der Waals surface area contributed by atoms with Crippen LogP contribution in [0.3, 0.4) is 0 Å². The topological polar surface area (TPSA) is 58.6 Å². The summed E-state index contributed by atoms with van der Waals surface area (Å²) >= 11 is 0. The first-order chi connectivity index (χ1) is 8.06. The van der Waals surface area contributed by atoms with Crippen LogP contribution >= 0.6 is 0 Å². The number of rotatable bonds is 3. The van der Waals surface area contributed by atoms with Crippen molar-refractivity contribution in [3.8, 4) is 5.75 Å². The zero-order valence-corrected chi connectivity index (χ0v) is 10.1. The minimum atomic E-state index is -0.766. The summed E-state index contributed by atoms with van der Waals surface area (Å²) in [5, 5.41) is 12.0. The molecule has 1 aromatic rings. The first-order valence-electron chi connectivity index (χ1n) is 5.78. The summed E-state index contributed by atoms with van der Waals surface area (Å²) in [5.74, 6) is 0.125. The van der Waals surface area contributed by atoms with Crippen molar-refractivity contribution in [3.05, 3.63) is 23.3 Å². The van der Waals surface area contributed by atoms with Crippen molar-refractivity contribution in [2.45, 2.75) is 32.7 Å². The van der Waals surface area contributed by atoms with E-state index in [2.05, 4.69) is 11.4 Å². The number of fused-ring (bicyclic) bond motifs is 1. The number of carboxylic acid groups (broad SMARTS) is 1. The van der Waals surface area contributed by atoms with Crippen molar-refractivity contribution in [1.82, 2.24) is 0 Å². The summed E-state index contributed by atoms with van der Waals surface area (Å²) in [7, 11) is 0. The summed E-state index contributed by atoms with van der Waals surface area (Å²) in [6.07, 6.45) is 0.753. The Labute approximate surface area is 101 Å². The molecule has 4 nitrogen and oxygen atoms in total. The van der Waals surface area contributed by atoms with Gasteiger partial charge in [0.1, 0.15) is 12.4 Å².